The van der Waals surface area contributed by atoms with Crippen LogP contribution in [0.3, 0.4) is 0 Å². The van der Waals surface area contributed by atoms with Crippen LogP contribution in [0.15, 0.2) is 0 Å². The molecule has 0 bridgehead atoms. The van der Waals surface area contributed by atoms with Crippen LogP contribution in [0.2, 0.25) is 0 Å². The van der Waals surface area contributed by atoms with Crippen LogP contribution in [0, 0.1) is 5.41 Å². The van der Waals surface area contributed by atoms with Gasteiger partial charge >= 0.3 is 0 Å². The Morgan fingerprint density at radius 3 is 2.60 bits per heavy atom. The summed E-state index contributed by atoms with van der Waals surface area (Å²) in [5.41, 5.74) is -0.145. The molecule has 1 atom stereocenters. The van der Waals surface area contributed by atoms with Gasteiger partial charge in [0.15, 0.2) is 0 Å². The molecule has 0 aromatic rings. The Hall–Kier alpha value is -0.0900. The minimum absolute atomic E-state index is 0.0833. The number of halogens is 1. The van der Waals surface area contributed by atoms with Gasteiger partial charge in [-0.1, -0.05) is 35.7 Å². The van der Waals surface area contributed by atoms with Crippen LogP contribution in [-0.4, -0.2) is 31.0 Å². The van der Waals surface area contributed by atoms with E-state index < -0.39 is 0 Å². The number of rotatable bonds is 5. The standard InChI is InChI=1S/C11H20BrNO2/c1-11(5-3-4-6-11)10(14)13-9(7-12)8-15-2/h9H,3-8H2,1-2H3,(H,13,14). The molecule has 0 spiro atoms. The monoisotopic (exact) mass is 277 g/mol. The predicted octanol–water partition coefficient (Wildman–Crippen LogP) is 2.09. The maximum absolute atomic E-state index is 12.0. The van der Waals surface area contributed by atoms with Crippen molar-refractivity contribution in [3.05, 3.63) is 0 Å². The van der Waals surface area contributed by atoms with E-state index in [4.69, 9.17) is 4.74 Å². The summed E-state index contributed by atoms with van der Waals surface area (Å²) in [5.74, 6) is 0.182. The number of hydrogen-bond donors (Lipinski definition) is 1. The minimum Gasteiger partial charge on any atom is -0.383 e. The molecule has 0 aromatic heterocycles. The predicted molar refractivity (Wildman–Crippen MR) is 64.2 cm³/mol. The second-order valence-electron chi connectivity index (χ2n) is 4.55. The molecule has 0 aromatic carbocycles. The van der Waals surface area contributed by atoms with Crippen molar-refractivity contribution in [2.24, 2.45) is 5.41 Å². The van der Waals surface area contributed by atoms with Crippen LogP contribution < -0.4 is 5.32 Å². The molecule has 0 radical (unpaired) electrons. The fourth-order valence-corrected chi connectivity index (χ4v) is 2.42. The highest BCUT2D eigenvalue weighted by atomic mass is 79.9. The molecule has 1 saturated carbocycles. The third-order valence-electron chi connectivity index (χ3n) is 3.14. The number of alkyl halides is 1. The van der Waals surface area contributed by atoms with Crippen LogP contribution in [0.25, 0.3) is 0 Å². The van der Waals surface area contributed by atoms with Gasteiger partial charge < -0.3 is 10.1 Å². The third-order valence-corrected chi connectivity index (χ3v) is 3.93. The average Bonchev–Trinajstić information content (AvgIpc) is 2.65. The summed E-state index contributed by atoms with van der Waals surface area (Å²) in [6.45, 7) is 2.63. The normalized spacial score (nSPS) is 21.3. The Balaban J connectivity index is 2.45. The van der Waals surface area contributed by atoms with Gasteiger partial charge in [-0.15, -0.1) is 0 Å². The molecule has 0 heterocycles. The quantitative estimate of drug-likeness (QED) is 0.782. The molecule has 0 saturated heterocycles. The highest BCUT2D eigenvalue weighted by Gasteiger charge is 2.36. The van der Waals surface area contributed by atoms with Gasteiger partial charge in [-0.05, 0) is 12.8 Å². The largest absolute Gasteiger partial charge is 0.383 e. The van der Waals surface area contributed by atoms with Crippen molar-refractivity contribution < 1.29 is 9.53 Å². The second-order valence-corrected chi connectivity index (χ2v) is 5.20. The van der Waals surface area contributed by atoms with Gasteiger partial charge in [-0.2, -0.15) is 0 Å². The first kappa shape index (κ1) is 13.0. The number of methoxy groups -OCH3 is 1. The van der Waals surface area contributed by atoms with E-state index in [2.05, 4.69) is 28.2 Å². The third kappa shape index (κ3) is 3.45. The van der Waals surface area contributed by atoms with Gasteiger partial charge in [0.2, 0.25) is 5.91 Å². The summed E-state index contributed by atoms with van der Waals surface area (Å²) in [7, 11) is 1.65. The Kier molecular flexibility index (Phi) is 5.06. The number of amides is 1. The lowest BCUT2D eigenvalue weighted by molar-refractivity contribution is -0.130. The Morgan fingerprint density at radius 1 is 1.53 bits per heavy atom. The van der Waals surface area contributed by atoms with Gasteiger partial charge in [-0.3, -0.25) is 4.79 Å². The van der Waals surface area contributed by atoms with Crippen molar-refractivity contribution in [1.29, 1.82) is 0 Å². The number of carbonyl (C=O) groups is 1. The minimum atomic E-state index is -0.145. The molecule has 4 heteroatoms. The van der Waals surface area contributed by atoms with E-state index in [9.17, 15) is 4.79 Å². The fourth-order valence-electron chi connectivity index (χ4n) is 2.07. The van der Waals surface area contributed by atoms with Crippen molar-refractivity contribution in [2.45, 2.75) is 38.6 Å². The zero-order valence-electron chi connectivity index (χ0n) is 9.51. The van der Waals surface area contributed by atoms with Crippen LogP contribution in [0.4, 0.5) is 0 Å². The van der Waals surface area contributed by atoms with Crippen LogP contribution in [0.5, 0.6) is 0 Å². The Bertz CT molecular complexity index is 215. The SMILES string of the molecule is COCC(CBr)NC(=O)C1(C)CCCC1. The topological polar surface area (TPSA) is 38.3 Å². The van der Waals surface area contributed by atoms with Crippen LogP contribution in [0.1, 0.15) is 32.6 Å². The number of carbonyl (C=O) groups excluding carboxylic acids is 1. The maximum atomic E-state index is 12.0. The summed E-state index contributed by atoms with van der Waals surface area (Å²) >= 11 is 3.38. The Labute approximate surface area is 100 Å². The molecule has 0 aliphatic heterocycles. The lowest BCUT2D eigenvalue weighted by atomic mass is 9.87. The van der Waals surface area contributed by atoms with E-state index in [1.54, 1.807) is 7.11 Å². The van der Waals surface area contributed by atoms with Gasteiger partial charge in [0, 0.05) is 17.9 Å². The number of ether oxygens (including phenoxy) is 1. The van der Waals surface area contributed by atoms with Gasteiger partial charge in [0.05, 0.1) is 12.6 Å². The summed E-state index contributed by atoms with van der Waals surface area (Å²) < 4.78 is 5.05. The Morgan fingerprint density at radius 2 is 2.13 bits per heavy atom. The van der Waals surface area contributed by atoms with Gasteiger partial charge in [-0.25, -0.2) is 0 Å². The van der Waals surface area contributed by atoms with E-state index in [-0.39, 0.29) is 17.4 Å². The highest BCUT2D eigenvalue weighted by molar-refractivity contribution is 9.09. The molecule has 15 heavy (non-hydrogen) atoms. The summed E-state index contributed by atoms with van der Waals surface area (Å²) in [4.78, 5) is 12.0. The molecule has 1 aliphatic carbocycles. The molecule has 3 nitrogen and oxygen atoms in total. The van der Waals surface area contributed by atoms with Crippen molar-refractivity contribution in [2.75, 3.05) is 19.0 Å². The summed E-state index contributed by atoms with van der Waals surface area (Å²) in [6, 6.07) is 0.0833. The van der Waals surface area contributed by atoms with Crippen molar-refractivity contribution in [1.82, 2.24) is 5.32 Å². The first-order valence-corrected chi connectivity index (χ1v) is 6.60. The second kappa shape index (κ2) is 5.85. The zero-order valence-corrected chi connectivity index (χ0v) is 11.1. The molecule has 1 rings (SSSR count). The first-order chi connectivity index (χ1) is 7.12. The zero-order chi connectivity index (χ0) is 11.3. The smallest absolute Gasteiger partial charge is 0.226 e. The van der Waals surface area contributed by atoms with Crippen molar-refractivity contribution in [3.63, 3.8) is 0 Å². The molecular weight excluding hydrogens is 258 g/mol. The molecule has 1 amide bonds. The van der Waals surface area contributed by atoms with E-state index in [0.717, 1.165) is 18.2 Å². The molecule has 1 fully saturated rings. The van der Waals surface area contributed by atoms with Gasteiger partial charge in [0.1, 0.15) is 0 Å². The molecule has 1 N–H and O–H groups in total. The van der Waals surface area contributed by atoms with E-state index in [1.807, 2.05) is 0 Å². The highest BCUT2D eigenvalue weighted by Crippen LogP contribution is 2.37. The lowest BCUT2D eigenvalue weighted by Crippen LogP contribution is -2.45. The molecule has 88 valence electrons. The van der Waals surface area contributed by atoms with Crippen molar-refractivity contribution >= 4 is 21.8 Å². The molecule has 1 aliphatic rings. The fraction of sp³-hybridized carbons (Fsp3) is 0.909. The van der Waals surface area contributed by atoms with Gasteiger partial charge in [0.25, 0.3) is 0 Å². The van der Waals surface area contributed by atoms with E-state index in [0.29, 0.717) is 6.61 Å². The first-order valence-electron chi connectivity index (χ1n) is 5.48. The van der Waals surface area contributed by atoms with E-state index in [1.165, 1.54) is 12.8 Å². The summed E-state index contributed by atoms with van der Waals surface area (Å²) in [5, 5.41) is 3.78. The van der Waals surface area contributed by atoms with E-state index >= 15 is 0 Å². The molecular formula is C11H20BrNO2. The average molecular weight is 278 g/mol. The maximum Gasteiger partial charge on any atom is 0.226 e. The van der Waals surface area contributed by atoms with Crippen LogP contribution >= 0.6 is 15.9 Å². The van der Waals surface area contributed by atoms with Crippen molar-refractivity contribution in [3.8, 4) is 0 Å². The summed E-state index contributed by atoms with van der Waals surface area (Å²) in [6.07, 6.45) is 4.38. The van der Waals surface area contributed by atoms with Crippen LogP contribution in [-0.2, 0) is 9.53 Å². The lowest BCUT2D eigenvalue weighted by Gasteiger charge is -2.25. The number of nitrogens with one attached hydrogen (secondary N) is 1. The molecule has 1 unspecified atom stereocenters. The number of hydrogen-bond acceptors (Lipinski definition) is 2.